The van der Waals surface area contributed by atoms with Crippen LogP contribution in [-0.2, 0) is 5.41 Å². The zero-order valence-electron chi connectivity index (χ0n) is 8.44. The first kappa shape index (κ1) is 11.9. The third-order valence-corrected chi connectivity index (χ3v) is 3.80. The van der Waals surface area contributed by atoms with Gasteiger partial charge in [-0.05, 0) is 17.7 Å². The van der Waals surface area contributed by atoms with Crippen molar-refractivity contribution in [3.8, 4) is 5.75 Å². The Kier molecular flexibility index (Phi) is 2.79. The summed E-state index contributed by atoms with van der Waals surface area (Å²) in [6, 6.07) is 6.35. The van der Waals surface area contributed by atoms with E-state index in [0.29, 0.717) is 11.3 Å². The fraction of sp³-hybridized carbons (Fsp3) is 0.364. The quantitative estimate of drug-likeness (QED) is 0.753. The van der Waals surface area contributed by atoms with Crippen molar-refractivity contribution in [1.82, 2.24) is 0 Å². The highest BCUT2D eigenvalue weighted by molar-refractivity contribution is 6.52. The van der Waals surface area contributed by atoms with Crippen molar-refractivity contribution in [2.45, 2.75) is 16.2 Å². The highest BCUT2D eigenvalue weighted by Gasteiger charge is 2.73. The first-order chi connectivity index (χ1) is 7.44. The zero-order chi connectivity index (χ0) is 12.0. The molecular weight excluding hydrogens is 257 g/mol. The monoisotopic (exact) mass is 265 g/mol. The van der Waals surface area contributed by atoms with E-state index in [-0.39, 0.29) is 6.42 Å². The average molecular weight is 266 g/mol. The Hall–Kier alpha value is -0.540. The van der Waals surface area contributed by atoms with Crippen LogP contribution in [0, 0.1) is 6.43 Å². The molecule has 1 atom stereocenters. The van der Waals surface area contributed by atoms with Gasteiger partial charge in [0.05, 0.1) is 7.11 Å². The lowest BCUT2D eigenvalue weighted by Crippen LogP contribution is -2.18. The summed E-state index contributed by atoms with van der Waals surface area (Å²) in [5.74, 6) is 0.605. The van der Waals surface area contributed by atoms with E-state index in [2.05, 4.69) is 0 Å². The summed E-state index contributed by atoms with van der Waals surface area (Å²) in [4.78, 5) is 0. The standard InChI is InChI=1S/C11H9Cl2F2O/c1-16-8-4-2-7(3-5-8)10(9(14)15)6-11(10,12)13/h2-5H,6H2,1H3. The molecule has 0 spiro atoms. The van der Waals surface area contributed by atoms with E-state index in [9.17, 15) is 8.78 Å². The van der Waals surface area contributed by atoms with Gasteiger partial charge in [-0.15, -0.1) is 23.2 Å². The number of hydrogen-bond acceptors (Lipinski definition) is 1. The molecular formula is C11H9Cl2F2O. The fourth-order valence-corrected chi connectivity index (χ4v) is 2.55. The lowest BCUT2D eigenvalue weighted by atomic mass is 9.96. The van der Waals surface area contributed by atoms with Gasteiger partial charge in [-0.3, -0.25) is 0 Å². The normalized spacial score (nSPS) is 26.9. The second-order valence-electron chi connectivity index (χ2n) is 3.78. The molecule has 87 valence electrons. The molecule has 1 unspecified atom stereocenters. The molecule has 1 aliphatic carbocycles. The first-order valence-corrected chi connectivity index (χ1v) is 5.40. The van der Waals surface area contributed by atoms with Gasteiger partial charge in [0.1, 0.15) is 15.5 Å². The van der Waals surface area contributed by atoms with E-state index >= 15 is 0 Å². The van der Waals surface area contributed by atoms with Crippen LogP contribution in [0.25, 0.3) is 0 Å². The number of methoxy groups -OCH3 is 1. The summed E-state index contributed by atoms with van der Waals surface area (Å²) in [6.07, 6.45) is -1.71. The largest absolute Gasteiger partial charge is 0.497 e. The van der Waals surface area contributed by atoms with Crippen molar-refractivity contribution in [2.24, 2.45) is 0 Å². The molecule has 0 aromatic heterocycles. The van der Waals surface area contributed by atoms with Gasteiger partial charge < -0.3 is 4.74 Å². The maximum Gasteiger partial charge on any atom is 0.323 e. The molecule has 1 aromatic carbocycles. The second-order valence-corrected chi connectivity index (χ2v) is 5.26. The first-order valence-electron chi connectivity index (χ1n) is 4.65. The molecule has 0 N–H and O–H groups in total. The van der Waals surface area contributed by atoms with E-state index in [4.69, 9.17) is 27.9 Å². The van der Waals surface area contributed by atoms with Crippen molar-refractivity contribution in [3.63, 3.8) is 0 Å². The Morgan fingerprint density at radius 1 is 1.25 bits per heavy atom. The van der Waals surface area contributed by atoms with Gasteiger partial charge in [0.15, 0.2) is 0 Å². The van der Waals surface area contributed by atoms with Crippen molar-refractivity contribution in [3.05, 3.63) is 36.3 Å². The highest BCUT2D eigenvalue weighted by Crippen LogP contribution is 2.69. The molecule has 0 amide bonds. The number of halogens is 4. The molecule has 5 heteroatoms. The molecule has 0 saturated heterocycles. The number of benzene rings is 1. The van der Waals surface area contributed by atoms with Gasteiger partial charge in [0.2, 0.25) is 0 Å². The molecule has 1 aliphatic rings. The summed E-state index contributed by atoms with van der Waals surface area (Å²) >= 11 is 11.6. The molecule has 16 heavy (non-hydrogen) atoms. The van der Waals surface area contributed by atoms with Crippen LogP contribution in [0.4, 0.5) is 8.78 Å². The molecule has 1 saturated carbocycles. The summed E-state index contributed by atoms with van der Waals surface area (Å²) < 4.78 is 29.5. The minimum Gasteiger partial charge on any atom is -0.497 e. The van der Waals surface area contributed by atoms with Gasteiger partial charge >= 0.3 is 6.43 Å². The molecule has 0 heterocycles. The molecule has 2 rings (SSSR count). The van der Waals surface area contributed by atoms with E-state index < -0.39 is 16.2 Å². The summed E-state index contributed by atoms with van der Waals surface area (Å²) in [5.41, 5.74) is -1.10. The van der Waals surface area contributed by atoms with Gasteiger partial charge in [0, 0.05) is 6.42 Å². The predicted octanol–water partition coefficient (Wildman–Crippen LogP) is 3.94. The van der Waals surface area contributed by atoms with E-state index in [1.54, 1.807) is 24.3 Å². The van der Waals surface area contributed by atoms with Gasteiger partial charge in [-0.2, -0.15) is 8.78 Å². The topological polar surface area (TPSA) is 9.23 Å². The Bertz CT molecular complexity index is 391. The highest BCUT2D eigenvalue weighted by atomic mass is 35.5. The van der Waals surface area contributed by atoms with Crippen molar-refractivity contribution in [1.29, 1.82) is 0 Å². The average Bonchev–Trinajstić information content (AvgIpc) is 2.84. The van der Waals surface area contributed by atoms with Crippen LogP contribution in [0.1, 0.15) is 12.0 Å². The molecule has 1 fully saturated rings. The molecule has 1 aromatic rings. The summed E-state index contributed by atoms with van der Waals surface area (Å²) in [7, 11) is 1.51. The summed E-state index contributed by atoms with van der Waals surface area (Å²) in [6.45, 7) is 0. The van der Waals surface area contributed by atoms with E-state index in [1.807, 2.05) is 0 Å². The van der Waals surface area contributed by atoms with Crippen LogP contribution in [0.3, 0.4) is 0 Å². The Labute approximate surface area is 102 Å². The minimum absolute atomic E-state index is 0.0395. The maximum absolute atomic E-state index is 13.0. The van der Waals surface area contributed by atoms with E-state index in [0.717, 1.165) is 0 Å². The van der Waals surface area contributed by atoms with Crippen LogP contribution in [-0.4, -0.2) is 11.4 Å². The molecule has 1 radical (unpaired) electrons. The fourth-order valence-electron chi connectivity index (χ4n) is 1.79. The maximum atomic E-state index is 13.0. The number of ether oxygens (including phenoxy) is 1. The third kappa shape index (κ3) is 1.57. The van der Waals surface area contributed by atoms with Crippen LogP contribution in [0.2, 0.25) is 0 Å². The van der Waals surface area contributed by atoms with Crippen LogP contribution in [0.5, 0.6) is 5.75 Å². The minimum atomic E-state index is -1.75. The van der Waals surface area contributed by atoms with Crippen molar-refractivity contribution < 1.29 is 13.5 Å². The second kappa shape index (κ2) is 3.74. The number of hydrogen-bond donors (Lipinski definition) is 0. The molecule has 0 bridgehead atoms. The molecule has 1 nitrogen and oxygen atoms in total. The number of rotatable bonds is 3. The Balaban J connectivity index is 2.36. The predicted molar refractivity (Wildman–Crippen MR) is 59.2 cm³/mol. The van der Waals surface area contributed by atoms with Crippen molar-refractivity contribution in [2.75, 3.05) is 7.11 Å². The van der Waals surface area contributed by atoms with E-state index in [1.165, 1.54) is 7.11 Å². The van der Waals surface area contributed by atoms with Gasteiger partial charge in [-0.1, -0.05) is 12.1 Å². The van der Waals surface area contributed by atoms with Crippen LogP contribution >= 0.6 is 23.2 Å². The van der Waals surface area contributed by atoms with Crippen LogP contribution < -0.4 is 4.74 Å². The SMILES string of the molecule is COc1ccc(C2([C](F)F)CC2(Cl)Cl)cc1. The lowest BCUT2D eigenvalue weighted by Gasteiger charge is -2.16. The van der Waals surface area contributed by atoms with Crippen molar-refractivity contribution >= 4 is 23.2 Å². The molecule has 0 aliphatic heterocycles. The van der Waals surface area contributed by atoms with Crippen LogP contribution in [0.15, 0.2) is 24.3 Å². The Morgan fingerprint density at radius 2 is 1.75 bits per heavy atom. The summed E-state index contributed by atoms with van der Waals surface area (Å²) in [5, 5.41) is 0. The van der Waals surface area contributed by atoms with Gasteiger partial charge in [0.25, 0.3) is 0 Å². The Morgan fingerprint density at radius 3 is 2.06 bits per heavy atom. The van der Waals surface area contributed by atoms with Gasteiger partial charge in [-0.25, -0.2) is 0 Å². The third-order valence-electron chi connectivity index (χ3n) is 2.89. The smallest absolute Gasteiger partial charge is 0.323 e. The lowest BCUT2D eigenvalue weighted by molar-refractivity contribution is 0.232. The zero-order valence-corrected chi connectivity index (χ0v) is 9.95. The number of alkyl halides is 2.